The number of nitrogens with one attached hydrogen (secondary N) is 3. The van der Waals surface area contributed by atoms with Gasteiger partial charge in [0.15, 0.2) is 5.78 Å². The van der Waals surface area contributed by atoms with Crippen LogP contribution in [0.4, 0.5) is 10.5 Å². The van der Waals surface area contributed by atoms with E-state index < -0.39 is 5.41 Å². The Balaban J connectivity index is 1.21. The molecule has 0 unspecified atom stereocenters. The number of allylic oxidation sites excluding steroid dienone is 3. The first-order valence-electron chi connectivity index (χ1n) is 18.5. The minimum Gasteiger partial charge on any atom is -0.497 e. The van der Waals surface area contributed by atoms with E-state index in [-0.39, 0.29) is 45.3 Å². The molecule has 3 N–H and O–H groups in total. The highest BCUT2D eigenvalue weighted by molar-refractivity contribution is 6.00. The van der Waals surface area contributed by atoms with Gasteiger partial charge >= 0.3 is 6.03 Å². The summed E-state index contributed by atoms with van der Waals surface area (Å²) in [5.74, 6) is 3.12. The van der Waals surface area contributed by atoms with E-state index in [9.17, 15) is 14.4 Å². The van der Waals surface area contributed by atoms with E-state index in [0.29, 0.717) is 42.4 Å². The van der Waals surface area contributed by atoms with Crippen molar-refractivity contribution < 1.29 is 19.1 Å². The van der Waals surface area contributed by atoms with Gasteiger partial charge in [-0.1, -0.05) is 66.7 Å². The average molecular weight is 658 g/mol. The van der Waals surface area contributed by atoms with Crippen LogP contribution < -0.4 is 20.7 Å². The van der Waals surface area contributed by atoms with Crippen molar-refractivity contribution in [3.8, 4) is 5.75 Å². The summed E-state index contributed by atoms with van der Waals surface area (Å²) in [6.45, 7) is 21.7. The molecule has 0 aliphatic heterocycles. The van der Waals surface area contributed by atoms with Gasteiger partial charge in [-0.25, -0.2) is 4.79 Å². The molecule has 0 aromatic heterocycles. The molecule has 48 heavy (non-hydrogen) atoms. The van der Waals surface area contributed by atoms with Crippen molar-refractivity contribution >= 4 is 23.4 Å². The summed E-state index contributed by atoms with van der Waals surface area (Å²) in [7, 11) is 1.61. The molecule has 6 rings (SSSR count). The SMILES string of the molecule is C=C1C[C@]2(C)[C@H]3CC=C4[C@@H]5[C@@H](C)[C@H](C)CC[C@]5(C(=O)NCCNC(=O)Nc5ccc(OC)cc5)CC[C@@]4(C)[C@]3(C)CC[C@H]2C(C)(C)C1=O. The first-order valence-corrected chi connectivity index (χ1v) is 18.5. The summed E-state index contributed by atoms with van der Waals surface area (Å²) in [6, 6.07) is 6.89. The van der Waals surface area contributed by atoms with Crippen LogP contribution in [0.5, 0.6) is 5.75 Å². The van der Waals surface area contributed by atoms with Crippen LogP contribution in [0.2, 0.25) is 0 Å². The molecule has 4 fully saturated rings. The van der Waals surface area contributed by atoms with Crippen molar-refractivity contribution in [1.82, 2.24) is 10.6 Å². The zero-order chi connectivity index (χ0) is 34.9. The van der Waals surface area contributed by atoms with Gasteiger partial charge in [0.05, 0.1) is 12.5 Å². The number of rotatable bonds is 6. The van der Waals surface area contributed by atoms with E-state index in [0.717, 1.165) is 62.7 Å². The van der Waals surface area contributed by atoms with E-state index in [4.69, 9.17) is 4.74 Å². The lowest BCUT2D eigenvalue weighted by Gasteiger charge is -2.71. The summed E-state index contributed by atoms with van der Waals surface area (Å²) in [5, 5.41) is 9.02. The Hall–Kier alpha value is -3.09. The fraction of sp³-hybridized carbons (Fsp3) is 0.683. The lowest BCUT2D eigenvalue weighted by atomic mass is 9.33. The summed E-state index contributed by atoms with van der Waals surface area (Å²) in [6.07, 6.45) is 10.4. The molecule has 0 saturated heterocycles. The first kappa shape index (κ1) is 34.8. The van der Waals surface area contributed by atoms with E-state index >= 15 is 0 Å². The molecule has 0 radical (unpaired) electrons. The third-order valence-corrected chi connectivity index (χ3v) is 15.1. The van der Waals surface area contributed by atoms with E-state index in [1.165, 1.54) is 5.57 Å². The number of Topliss-reactive ketones (excluding diaryl/α,β-unsaturated/α-hetero) is 1. The predicted molar refractivity (Wildman–Crippen MR) is 192 cm³/mol. The fourth-order valence-corrected chi connectivity index (χ4v) is 12.2. The minimum absolute atomic E-state index is 0.00229. The minimum atomic E-state index is -0.430. The van der Waals surface area contributed by atoms with E-state index in [2.05, 4.69) is 77.1 Å². The van der Waals surface area contributed by atoms with Gasteiger partial charge < -0.3 is 20.7 Å². The van der Waals surface area contributed by atoms with Gasteiger partial charge in [0.2, 0.25) is 5.91 Å². The molecule has 7 nitrogen and oxygen atoms in total. The third-order valence-electron chi connectivity index (χ3n) is 15.1. The van der Waals surface area contributed by atoms with Crippen molar-refractivity contribution in [2.45, 2.75) is 99.8 Å². The second kappa shape index (κ2) is 12.1. The molecule has 0 bridgehead atoms. The van der Waals surface area contributed by atoms with Crippen LogP contribution in [-0.2, 0) is 9.59 Å². The average Bonchev–Trinajstić information content (AvgIpc) is 3.04. The highest BCUT2D eigenvalue weighted by Crippen LogP contribution is 2.75. The van der Waals surface area contributed by atoms with Crippen molar-refractivity contribution in [2.24, 2.45) is 56.7 Å². The van der Waals surface area contributed by atoms with Crippen LogP contribution in [0.1, 0.15) is 99.8 Å². The Bertz CT molecular complexity index is 1510. The molecule has 5 aliphatic rings. The van der Waals surface area contributed by atoms with Crippen LogP contribution >= 0.6 is 0 Å². The van der Waals surface area contributed by atoms with Gasteiger partial charge in [0.25, 0.3) is 0 Å². The number of ether oxygens (including phenoxy) is 1. The Labute approximate surface area is 288 Å². The van der Waals surface area contributed by atoms with Gasteiger partial charge in [-0.2, -0.15) is 0 Å². The number of hydrogen-bond donors (Lipinski definition) is 3. The number of methoxy groups -OCH3 is 1. The molecule has 0 heterocycles. The highest BCUT2D eigenvalue weighted by Gasteiger charge is 2.69. The molecule has 9 atom stereocenters. The standard InChI is InChI=1S/C41H59N3O4/c1-25-16-19-41(35(46)42-22-23-43-36(47)44-28-10-12-29(48-9)13-11-28)21-20-39(7)30(33(41)27(25)3)14-15-32-38(6)24-26(2)34(45)37(4,5)31(38)17-18-40(32,39)8/h10-14,25,27,31-33H,2,15-24H2,1,3-9H3,(H,42,46)(H2,43,44,47)/t25-,27+,31+,32-,33+,38+,39-,40-,41+/m1/s1. The van der Waals surface area contributed by atoms with Crippen molar-refractivity contribution in [3.05, 3.63) is 48.1 Å². The molecule has 3 amide bonds. The monoisotopic (exact) mass is 657 g/mol. The number of urea groups is 1. The Kier molecular flexibility index (Phi) is 8.73. The number of carbonyl (C=O) groups is 3. The molecular weight excluding hydrogens is 598 g/mol. The van der Waals surface area contributed by atoms with Crippen LogP contribution in [0.3, 0.4) is 0 Å². The molecule has 1 aromatic carbocycles. The maximum Gasteiger partial charge on any atom is 0.319 e. The number of fused-ring (bicyclic) bond motifs is 7. The largest absolute Gasteiger partial charge is 0.497 e. The topological polar surface area (TPSA) is 96.5 Å². The van der Waals surface area contributed by atoms with Crippen molar-refractivity contribution in [3.63, 3.8) is 0 Å². The van der Waals surface area contributed by atoms with Crippen LogP contribution in [0.15, 0.2) is 48.1 Å². The van der Waals surface area contributed by atoms with Crippen LogP contribution in [-0.4, -0.2) is 37.9 Å². The second-order valence-electron chi connectivity index (χ2n) is 17.5. The number of ketones is 1. The molecule has 5 aliphatic carbocycles. The number of anilines is 1. The predicted octanol–water partition coefficient (Wildman–Crippen LogP) is 8.33. The maximum absolute atomic E-state index is 14.4. The third kappa shape index (κ3) is 5.07. The van der Waals surface area contributed by atoms with Crippen LogP contribution in [0.25, 0.3) is 0 Å². The van der Waals surface area contributed by atoms with Gasteiger partial charge in [0.1, 0.15) is 5.75 Å². The van der Waals surface area contributed by atoms with Gasteiger partial charge in [-0.15, -0.1) is 0 Å². The second-order valence-corrected chi connectivity index (χ2v) is 17.5. The Morgan fingerprint density at radius 2 is 1.60 bits per heavy atom. The van der Waals surface area contributed by atoms with E-state index in [1.54, 1.807) is 31.4 Å². The smallest absolute Gasteiger partial charge is 0.319 e. The summed E-state index contributed by atoms with van der Waals surface area (Å²) in [5.41, 5.74) is 2.32. The van der Waals surface area contributed by atoms with Gasteiger partial charge in [0, 0.05) is 24.2 Å². The summed E-state index contributed by atoms with van der Waals surface area (Å²) in [4.78, 5) is 40.3. The lowest BCUT2D eigenvalue weighted by Crippen LogP contribution is -2.65. The number of amides is 3. The van der Waals surface area contributed by atoms with Crippen molar-refractivity contribution in [1.29, 1.82) is 0 Å². The normalized spacial score (nSPS) is 39.8. The maximum atomic E-state index is 14.4. The van der Waals surface area contributed by atoms with Crippen molar-refractivity contribution in [2.75, 3.05) is 25.5 Å². The number of carbonyl (C=O) groups excluding carboxylic acids is 3. The fourth-order valence-electron chi connectivity index (χ4n) is 12.2. The Morgan fingerprint density at radius 3 is 2.29 bits per heavy atom. The molecular formula is C41H59N3O4. The molecule has 0 spiro atoms. The molecule has 4 saturated carbocycles. The van der Waals surface area contributed by atoms with E-state index in [1.807, 2.05) is 0 Å². The number of benzene rings is 1. The lowest BCUT2D eigenvalue weighted by molar-refractivity contribution is -0.181. The number of hydrogen-bond acceptors (Lipinski definition) is 4. The van der Waals surface area contributed by atoms with Gasteiger partial charge in [-0.3, -0.25) is 9.59 Å². The molecule has 1 aromatic rings. The zero-order valence-corrected chi connectivity index (χ0v) is 30.7. The highest BCUT2D eigenvalue weighted by atomic mass is 16.5. The van der Waals surface area contributed by atoms with Gasteiger partial charge in [-0.05, 0) is 127 Å². The molecule has 262 valence electrons. The summed E-state index contributed by atoms with van der Waals surface area (Å²) < 4.78 is 5.19. The summed E-state index contributed by atoms with van der Waals surface area (Å²) >= 11 is 0. The zero-order valence-electron chi connectivity index (χ0n) is 30.7. The molecule has 7 heteroatoms. The first-order chi connectivity index (χ1) is 22.5. The van der Waals surface area contributed by atoms with Crippen LogP contribution in [0, 0.1) is 56.7 Å². The Morgan fingerprint density at radius 1 is 0.917 bits per heavy atom. The quantitative estimate of drug-likeness (QED) is 0.163.